The molecule has 0 bridgehead atoms. The number of aromatic nitrogens is 2. The molecule has 1 N–H and O–H groups in total. The van der Waals surface area contributed by atoms with Gasteiger partial charge in [-0.1, -0.05) is 6.92 Å². The standard InChI is InChI=1S/C13H23N3/c1-4-9-16-12(7-8-15-16)10-14-13(2,3)11-5-6-11/h7-8,11,14H,4-6,9-10H2,1-3H3. The fraction of sp³-hybridized carbons (Fsp3) is 0.769. The summed E-state index contributed by atoms with van der Waals surface area (Å²) in [5, 5.41) is 8.01. The van der Waals surface area contributed by atoms with Crippen LogP contribution in [0.25, 0.3) is 0 Å². The molecule has 90 valence electrons. The quantitative estimate of drug-likeness (QED) is 0.800. The fourth-order valence-electron chi connectivity index (χ4n) is 2.19. The average Bonchev–Trinajstić information content (AvgIpc) is 3.00. The molecule has 2 rings (SSSR count). The first-order valence-corrected chi connectivity index (χ1v) is 6.39. The smallest absolute Gasteiger partial charge is 0.0522 e. The third-order valence-corrected chi connectivity index (χ3v) is 3.56. The molecule has 0 unspecified atom stereocenters. The molecule has 16 heavy (non-hydrogen) atoms. The molecule has 0 radical (unpaired) electrons. The van der Waals surface area contributed by atoms with E-state index in [1.54, 1.807) is 0 Å². The summed E-state index contributed by atoms with van der Waals surface area (Å²) in [6.07, 6.45) is 5.81. The van der Waals surface area contributed by atoms with Gasteiger partial charge < -0.3 is 5.32 Å². The number of hydrogen-bond acceptors (Lipinski definition) is 2. The van der Waals surface area contributed by atoms with Crippen LogP contribution in [0.2, 0.25) is 0 Å². The largest absolute Gasteiger partial charge is 0.306 e. The lowest BCUT2D eigenvalue weighted by atomic mass is 9.99. The Balaban J connectivity index is 1.90. The van der Waals surface area contributed by atoms with Crippen molar-refractivity contribution < 1.29 is 0 Å². The molecule has 1 aromatic rings. The molecule has 1 aromatic heterocycles. The molecular weight excluding hydrogens is 198 g/mol. The van der Waals surface area contributed by atoms with Crippen molar-refractivity contribution in [1.29, 1.82) is 0 Å². The predicted molar refractivity (Wildman–Crippen MR) is 66.2 cm³/mol. The van der Waals surface area contributed by atoms with Crippen molar-refractivity contribution in [1.82, 2.24) is 15.1 Å². The summed E-state index contributed by atoms with van der Waals surface area (Å²) in [5.41, 5.74) is 1.58. The molecule has 3 heteroatoms. The molecule has 0 aromatic carbocycles. The molecule has 0 amide bonds. The Bertz CT molecular complexity index is 337. The van der Waals surface area contributed by atoms with Crippen LogP contribution in [-0.2, 0) is 13.1 Å². The van der Waals surface area contributed by atoms with E-state index in [1.165, 1.54) is 18.5 Å². The number of hydrogen-bond donors (Lipinski definition) is 1. The minimum Gasteiger partial charge on any atom is -0.306 e. The lowest BCUT2D eigenvalue weighted by Crippen LogP contribution is -2.41. The summed E-state index contributed by atoms with van der Waals surface area (Å²) in [7, 11) is 0. The second kappa shape index (κ2) is 4.58. The van der Waals surface area contributed by atoms with Gasteiger partial charge in [-0.05, 0) is 45.1 Å². The Morgan fingerprint density at radius 3 is 2.88 bits per heavy atom. The Labute approximate surface area is 98.2 Å². The maximum absolute atomic E-state index is 4.34. The molecule has 1 heterocycles. The van der Waals surface area contributed by atoms with E-state index >= 15 is 0 Å². The van der Waals surface area contributed by atoms with Gasteiger partial charge in [0.1, 0.15) is 0 Å². The SMILES string of the molecule is CCCn1nccc1CNC(C)(C)C1CC1. The van der Waals surface area contributed by atoms with E-state index in [2.05, 4.69) is 41.9 Å². The van der Waals surface area contributed by atoms with Crippen molar-refractivity contribution >= 4 is 0 Å². The summed E-state index contributed by atoms with van der Waals surface area (Å²) in [6.45, 7) is 8.76. The molecule has 3 nitrogen and oxygen atoms in total. The van der Waals surface area contributed by atoms with Crippen molar-refractivity contribution in [3.8, 4) is 0 Å². The van der Waals surface area contributed by atoms with Gasteiger partial charge in [0.15, 0.2) is 0 Å². The second-order valence-electron chi connectivity index (χ2n) is 5.40. The minimum absolute atomic E-state index is 0.279. The summed E-state index contributed by atoms with van der Waals surface area (Å²) in [6, 6.07) is 2.12. The first-order chi connectivity index (χ1) is 7.63. The molecule has 1 saturated carbocycles. The maximum Gasteiger partial charge on any atom is 0.0522 e. The third kappa shape index (κ3) is 2.64. The van der Waals surface area contributed by atoms with E-state index in [4.69, 9.17) is 0 Å². The molecule has 1 fully saturated rings. The van der Waals surface area contributed by atoms with E-state index in [0.717, 1.165) is 25.4 Å². The summed E-state index contributed by atoms with van der Waals surface area (Å²) >= 11 is 0. The number of nitrogens with zero attached hydrogens (tertiary/aromatic N) is 2. The zero-order valence-electron chi connectivity index (χ0n) is 10.7. The monoisotopic (exact) mass is 221 g/mol. The van der Waals surface area contributed by atoms with Crippen LogP contribution in [0.1, 0.15) is 45.7 Å². The Kier molecular flexibility index (Phi) is 3.33. The van der Waals surface area contributed by atoms with Crippen molar-refractivity contribution in [2.24, 2.45) is 5.92 Å². The van der Waals surface area contributed by atoms with Gasteiger partial charge in [-0.3, -0.25) is 4.68 Å². The van der Waals surface area contributed by atoms with Crippen LogP contribution < -0.4 is 5.32 Å². The van der Waals surface area contributed by atoms with E-state index in [1.807, 2.05) is 6.20 Å². The maximum atomic E-state index is 4.34. The van der Waals surface area contributed by atoms with Crippen LogP contribution in [0.5, 0.6) is 0 Å². The molecule has 0 spiro atoms. The van der Waals surface area contributed by atoms with Crippen molar-refractivity contribution in [2.45, 2.75) is 58.7 Å². The van der Waals surface area contributed by atoms with Gasteiger partial charge in [-0.25, -0.2) is 0 Å². The fourth-order valence-corrected chi connectivity index (χ4v) is 2.19. The van der Waals surface area contributed by atoms with Crippen LogP contribution in [0, 0.1) is 5.92 Å². The highest BCUT2D eigenvalue weighted by Crippen LogP contribution is 2.39. The van der Waals surface area contributed by atoms with Crippen LogP contribution in [-0.4, -0.2) is 15.3 Å². The second-order valence-corrected chi connectivity index (χ2v) is 5.40. The highest BCUT2D eigenvalue weighted by atomic mass is 15.3. The predicted octanol–water partition coefficient (Wildman–Crippen LogP) is 2.57. The first kappa shape index (κ1) is 11.6. The van der Waals surface area contributed by atoms with E-state index in [-0.39, 0.29) is 5.54 Å². The lowest BCUT2D eigenvalue weighted by molar-refractivity contribution is 0.333. The highest BCUT2D eigenvalue weighted by molar-refractivity contribution is 5.03. The zero-order chi connectivity index (χ0) is 11.6. The summed E-state index contributed by atoms with van der Waals surface area (Å²) in [5.74, 6) is 0.870. The van der Waals surface area contributed by atoms with Gasteiger partial charge >= 0.3 is 0 Å². The Morgan fingerprint density at radius 1 is 1.50 bits per heavy atom. The Morgan fingerprint density at radius 2 is 2.25 bits per heavy atom. The molecular formula is C13H23N3. The average molecular weight is 221 g/mol. The van der Waals surface area contributed by atoms with Gasteiger partial charge in [-0.15, -0.1) is 0 Å². The van der Waals surface area contributed by atoms with Crippen LogP contribution in [0.4, 0.5) is 0 Å². The Hall–Kier alpha value is -0.830. The van der Waals surface area contributed by atoms with Gasteiger partial charge in [0, 0.05) is 24.8 Å². The minimum atomic E-state index is 0.279. The molecule has 0 atom stereocenters. The van der Waals surface area contributed by atoms with Gasteiger partial charge in [0.05, 0.1) is 5.69 Å². The van der Waals surface area contributed by atoms with Crippen LogP contribution >= 0.6 is 0 Å². The molecule has 0 aliphatic heterocycles. The number of nitrogens with one attached hydrogen (secondary N) is 1. The molecule has 0 saturated heterocycles. The van der Waals surface area contributed by atoms with E-state index < -0.39 is 0 Å². The van der Waals surface area contributed by atoms with E-state index in [0.29, 0.717) is 0 Å². The normalized spacial score (nSPS) is 16.7. The zero-order valence-corrected chi connectivity index (χ0v) is 10.7. The topological polar surface area (TPSA) is 29.9 Å². The van der Waals surface area contributed by atoms with Crippen LogP contribution in [0.3, 0.4) is 0 Å². The summed E-state index contributed by atoms with van der Waals surface area (Å²) in [4.78, 5) is 0. The van der Waals surface area contributed by atoms with Gasteiger partial charge in [-0.2, -0.15) is 5.10 Å². The number of aryl methyl sites for hydroxylation is 1. The van der Waals surface area contributed by atoms with Crippen LogP contribution in [0.15, 0.2) is 12.3 Å². The summed E-state index contributed by atoms with van der Waals surface area (Å²) < 4.78 is 2.11. The van der Waals surface area contributed by atoms with Crippen molar-refractivity contribution in [3.05, 3.63) is 18.0 Å². The van der Waals surface area contributed by atoms with Gasteiger partial charge in [0.25, 0.3) is 0 Å². The lowest BCUT2D eigenvalue weighted by Gasteiger charge is -2.26. The molecule has 1 aliphatic rings. The van der Waals surface area contributed by atoms with Crippen molar-refractivity contribution in [3.63, 3.8) is 0 Å². The third-order valence-electron chi connectivity index (χ3n) is 3.56. The molecule has 1 aliphatic carbocycles. The number of rotatable bonds is 6. The first-order valence-electron chi connectivity index (χ1n) is 6.39. The van der Waals surface area contributed by atoms with Gasteiger partial charge in [0.2, 0.25) is 0 Å². The highest BCUT2D eigenvalue weighted by Gasteiger charge is 2.37. The van der Waals surface area contributed by atoms with Crippen molar-refractivity contribution in [2.75, 3.05) is 0 Å². The van der Waals surface area contributed by atoms with E-state index in [9.17, 15) is 0 Å².